The van der Waals surface area contributed by atoms with Crippen LogP contribution in [0.4, 0.5) is 0 Å². The highest BCUT2D eigenvalue weighted by atomic mass is 79.9. The molecule has 3 aromatic carbocycles. The minimum Gasteiger partial charge on any atom is -0.355 e. The van der Waals surface area contributed by atoms with Gasteiger partial charge in [0.05, 0.1) is 10.1 Å². The third-order valence-electron chi connectivity index (χ3n) is 7.25. The molecule has 33 heavy (non-hydrogen) atoms. The summed E-state index contributed by atoms with van der Waals surface area (Å²) in [4.78, 5) is 13.1. The summed E-state index contributed by atoms with van der Waals surface area (Å²) in [6.45, 7) is 11.5. The van der Waals surface area contributed by atoms with Gasteiger partial charge < -0.3 is 4.57 Å². The van der Waals surface area contributed by atoms with Gasteiger partial charge in [-0.1, -0.05) is 141 Å². The first kappa shape index (κ1) is 24.3. The number of carbonyl (C=O) groups is 1. The molecule has 2 unspecified atom stereocenters. The van der Waals surface area contributed by atoms with E-state index in [9.17, 15) is 4.79 Å². The predicted molar refractivity (Wildman–Crippen MR) is 147 cm³/mol. The predicted octanol–water partition coefficient (Wildman–Crippen LogP) is 7.65. The summed E-state index contributed by atoms with van der Waals surface area (Å²) < 4.78 is 1.79. The SMILES string of the molecule is CC(C)(C)[Si](C)(C)N1C(=O)C(Br)C1SC(c1ccccc1)(c1ccccc1)c1ccccc1. The van der Waals surface area contributed by atoms with Crippen LogP contribution in [0.5, 0.6) is 0 Å². The Balaban J connectivity index is 1.92. The molecular formula is C28H32BrNOSSi. The van der Waals surface area contributed by atoms with Crippen LogP contribution in [0.25, 0.3) is 0 Å². The lowest BCUT2D eigenvalue weighted by Crippen LogP contribution is -2.73. The van der Waals surface area contributed by atoms with Crippen molar-refractivity contribution in [2.24, 2.45) is 0 Å². The van der Waals surface area contributed by atoms with Gasteiger partial charge in [-0.05, 0) is 21.7 Å². The van der Waals surface area contributed by atoms with E-state index in [0.29, 0.717) is 0 Å². The zero-order valence-electron chi connectivity index (χ0n) is 20.0. The molecule has 0 N–H and O–H groups in total. The molecule has 172 valence electrons. The Morgan fingerprint density at radius 2 is 1.12 bits per heavy atom. The molecule has 0 spiro atoms. The lowest BCUT2D eigenvalue weighted by molar-refractivity contribution is -0.134. The first-order valence-electron chi connectivity index (χ1n) is 11.4. The van der Waals surface area contributed by atoms with Crippen LogP contribution in [0.2, 0.25) is 18.1 Å². The Bertz CT molecular complexity index is 1000. The van der Waals surface area contributed by atoms with Crippen molar-refractivity contribution < 1.29 is 4.79 Å². The quantitative estimate of drug-likeness (QED) is 0.139. The van der Waals surface area contributed by atoms with E-state index in [-0.39, 0.29) is 21.1 Å². The average molecular weight is 539 g/mol. The molecule has 5 heteroatoms. The minimum atomic E-state index is -2.06. The van der Waals surface area contributed by atoms with Crippen molar-refractivity contribution >= 4 is 41.8 Å². The summed E-state index contributed by atoms with van der Waals surface area (Å²) in [5, 5.41) is 0.114. The van der Waals surface area contributed by atoms with E-state index < -0.39 is 13.0 Å². The first-order chi connectivity index (χ1) is 15.6. The van der Waals surface area contributed by atoms with Crippen molar-refractivity contribution in [3.05, 3.63) is 108 Å². The number of halogens is 1. The third-order valence-corrected chi connectivity index (χ3v) is 15.8. The smallest absolute Gasteiger partial charge is 0.232 e. The van der Waals surface area contributed by atoms with Crippen LogP contribution in [0.3, 0.4) is 0 Å². The molecule has 1 aliphatic rings. The van der Waals surface area contributed by atoms with Crippen molar-refractivity contribution in [1.82, 2.24) is 4.57 Å². The highest BCUT2D eigenvalue weighted by molar-refractivity contribution is 9.10. The number of rotatable bonds is 6. The molecule has 0 aliphatic carbocycles. The number of nitrogens with zero attached hydrogens (tertiary/aromatic N) is 1. The van der Waals surface area contributed by atoms with Crippen molar-refractivity contribution in [3.63, 3.8) is 0 Å². The molecule has 1 aliphatic heterocycles. The Morgan fingerprint density at radius 3 is 1.45 bits per heavy atom. The highest BCUT2D eigenvalue weighted by Crippen LogP contribution is 2.56. The summed E-state index contributed by atoms with van der Waals surface area (Å²) in [6.07, 6.45) is 0. The largest absolute Gasteiger partial charge is 0.355 e. The van der Waals surface area contributed by atoms with Crippen molar-refractivity contribution in [3.8, 4) is 0 Å². The number of hydrogen-bond donors (Lipinski definition) is 0. The summed E-state index contributed by atoms with van der Waals surface area (Å²) >= 11 is 5.67. The summed E-state index contributed by atoms with van der Waals surface area (Å²) in [5.41, 5.74) is 3.67. The molecule has 4 rings (SSSR count). The van der Waals surface area contributed by atoms with Gasteiger partial charge in [0.25, 0.3) is 0 Å². The van der Waals surface area contributed by atoms with Crippen LogP contribution >= 0.6 is 27.7 Å². The maximum Gasteiger partial charge on any atom is 0.232 e. The molecule has 0 bridgehead atoms. The maximum absolute atomic E-state index is 13.3. The molecule has 2 nitrogen and oxygen atoms in total. The molecule has 0 aromatic heterocycles. The van der Waals surface area contributed by atoms with Gasteiger partial charge in [-0.25, -0.2) is 0 Å². The van der Waals surface area contributed by atoms with Gasteiger partial charge in [0.1, 0.15) is 4.83 Å². The highest BCUT2D eigenvalue weighted by Gasteiger charge is 2.59. The van der Waals surface area contributed by atoms with Gasteiger partial charge in [-0.2, -0.15) is 0 Å². The molecule has 2 atom stereocenters. The van der Waals surface area contributed by atoms with Crippen molar-refractivity contribution in [1.29, 1.82) is 0 Å². The second-order valence-electron chi connectivity index (χ2n) is 10.2. The van der Waals surface area contributed by atoms with Gasteiger partial charge in [0.2, 0.25) is 5.91 Å². The Morgan fingerprint density at radius 1 is 0.758 bits per heavy atom. The Kier molecular flexibility index (Phi) is 6.69. The maximum atomic E-state index is 13.3. The molecule has 1 heterocycles. The Hall–Kier alpha value is -1.82. The van der Waals surface area contributed by atoms with E-state index in [0.717, 1.165) is 0 Å². The van der Waals surface area contributed by atoms with E-state index >= 15 is 0 Å². The third kappa shape index (κ3) is 4.13. The second-order valence-corrected chi connectivity index (χ2v) is 17.6. The molecule has 0 saturated carbocycles. The molecule has 1 fully saturated rings. The lowest BCUT2D eigenvalue weighted by Gasteiger charge is -2.58. The van der Waals surface area contributed by atoms with Crippen molar-refractivity contribution in [2.75, 3.05) is 0 Å². The van der Waals surface area contributed by atoms with Gasteiger partial charge in [-0.15, -0.1) is 11.8 Å². The number of amides is 1. The monoisotopic (exact) mass is 537 g/mol. The fourth-order valence-corrected chi connectivity index (χ4v) is 10.4. The van der Waals surface area contributed by atoms with E-state index in [2.05, 4.69) is 145 Å². The summed E-state index contributed by atoms with van der Waals surface area (Å²) in [6, 6.07) is 32.2. The number of thioether (sulfide) groups is 1. The van der Waals surface area contributed by atoms with E-state index in [1.165, 1.54) is 16.7 Å². The van der Waals surface area contributed by atoms with E-state index in [1.807, 2.05) is 11.8 Å². The minimum absolute atomic E-state index is 0.0408. The van der Waals surface area contributed by atoms with Crippen LogP contribution in [0, 0.1) is 0 Å². The van der Waals surface area contributed by atoms with Crippen LogP contribution in [0.1, 0.15) is 37.5 Å². The van der Waals surface area contributed by atoms with Crippen LogP contribution < -0.4 is 0 Å². The standard InChI is InChI=1S/C28H32BrNOSSi/c1-27(2,3)33(4,5)30-25(31)24(29)26(30)32-28(21-15-9-6-10-16-21,22-17-11-7-12-18-22)23-19-13-8-14-20-23/h6-20,24,26H,1-5H3. The number of alkyl halides is 1. The number of β-lactam (4-membered cyclic amide) rings is 1. The zero-order chi connectivity index (χ0) is 23.9. The number of carbonyl (C=O) groups excluding carboxylic acids is 1. The Labute approximate surface area is 212 Å². The normalized spacial score (nSPS) is 19.3. The molecule has 3 aromatic rings. The summed E-state index contributed by atoms with van der Waals surface area (Å²) in [5.74, 6) is 0.224. The van der Waals surface area contributed by atoms with Crippen LogP contribution in [0.15, 0.2) is 91.0 Å². The van der Waals surface area contributed by atoms with Crippen molar-refractivity contribution in [2.45, 2.75) is 53.9 Å². The average Bonchev–Trinajstić information content (AvgIpc) is 2.82. The molecule has 1 saturated heterocycles. The van der Waals surface area contributed by atoms with Gasteiger partial charge in [-0.3, -0.25) is 4.79 Å². The zero-order valence-corrected chi connectivity index (χ0v) is 23.4. The second kappa shape index (κ2) is 9.08. The lowest BCUT2D eigenvalue weighted by atomic mass is 9.84. The number of hydrogen-bond acceptors (Lipinski definition) is 2. The molecule has 0 radical (unpaired) electrons. The van der Waals surface area contributed by atoms with Gasteiger partial charge in [0, 0.05) is 0 Å². The van der Waals surface area contributed by atoms with Gasteiger partial charge >= 0.3 is 0 Å². The van der Waals surface area contributed by atoms with Gasteiger partial charge in [0.15, 0.2) is 8.24 Å². The fourth-order valence-electron chi connectivity index (χ4n) is 4.40. The molecular weight excluding hydrogens is 506 g/mol. The van der Waals surface area contributed by atoms with Crippen LogP contribution in [-0.2, 0) is 9.54 Å². The topological polar surface area (TPSA) is 20.3 Å². The number of benzene rings is 3. The fraction of sp³-hybridized carbons (Fsp3) is 0.321. The first-order valence-corrected chi connectivity index (χ1v) is 16.2. The molecule has 1 amide bonds. The van der Waals surface area contributed by atoms with E-state index in [1.54, 1.807) is 0 Å². The van der Waals surface area contributed by atoms with Crippen LogP contribution in [-0.4, -0.2) is 28.9 Å². The summed E-state index contributed by atoms with van der Waals surface area (Å²) in [7, 11) is -2.06. The van der Waals surface area contributed by atoms with E-state index in [4.69, 9.17) is 0 Å².